The monoisotopic (exact) mass is 562 g/mol. The van der Waals surface area contributed by atoms with Crippen molar-refractivity contribution in [2.75, 3.05) is 0 Å². The lowest BCUT2D eigenvalue weighted by Gasteiger charge is -2.35. The van der Waals surface area contributed by atoms with Gasteiger partial charge in [-0.15, -0.1) is 0 Å². The van der Waals surface area contributed by atoms with Crippen molar-refractivity contribution in [3.8, 4) is 28.0 Å². The fourth-order valence-electron chi connectivity index (χ4n) is 5.66. The van der Waals surface area contributed by atoms with E-state index >= 15 is 0 Å². The molecule has 2 N–H and O–H groups in total. The second-order valence-electron chi connectivity index (χ2n) is 15.5. The van der Waals surface area contributed by atoms with Crippen molar-refractivity contribution in [1.82, 2.24) is 0 Å². The maximum Gasteiger partial charge on any atom is 0.391 e. The average molecular weight is 563 g/mol. The summed E-state index contributed by atoms with van der Waals surface area (Å²) in [5, 5.41) is 0. The maximum atomic E-state index is 10.1. The molecule has 0 saturated carbocycles. The molecule has 0 amide bonds. The zero-order valence-corrected chi connectivity index (χ0v) is 28.2. The Morgan fingerprint density at radius 2 is 0.875 bits per heavy atom. The molecule has 0 saturated heterocycles. The smallest absolute Gasteiger partial charge is 0.391 e. The van der Waals surface area contributed by atoms with Gasteiger partial charge in [-0.1, -0.05) is 131 Å². The van der Waals surface area contributed by atoms with Crippen LogP contribution in [0.2, 0.25) is 0 Å². The van der Waals surface area contributed by atoms with Crippen LogP contribution in [0.4, 0.5) is 0 Å². The van der Waals surface area contributed by atoms with Crippen LogP contribution < -0.4 is 4.52 Å². The van der Waals surface area contributed by atoms with Crippen molar-refractivity contribution < 1.29 is 14.3 Å². The Balaban J connectivity index is 2.74. The van der Waals surface area contributed by atoms with Gasteiger partial charge >= 0.3 is 8.60 Å². The van der Waals surface area contributed by atoms with Crippen molar-refractivity contribution in [1.29, 1.82) is 0 Å². The highest BCUT2D eigenvalue weighted by Gasteiger charge is 2.34. The molecule has 0 atom stereocenters. The molecule has 40 heavy (non-hydrogen) atoms. The highest BCUT2D eigenvalue weighted by Crippen LogP contribution is 2.52. The second kappa shape index (κ2) is 10.9. The first kappa shape index (κ1) is 32.3. The molecule has 3 aromatic rings. The van der Waals surface area contributed by atoms with E-state index in [1.165, 1.54) is 38.9 Å². The Kier molecular flexibility index (Phi) is 8.81. The molecule has 0 fully saturated rings. The summed E-state index contributed by atoms with van der Waals surface area (Å²) in [6.07, 6.45) is 0. The van der Waals surface area contributed by atoms with Crippen LogP contribution in [0.1, 0.15) is 116 Å². The van der Waals surface area contributed by atoms with Gasteiger partial charge < -0.3 is 14.3 Å². The number of hydrogen-bond donors (Lipinski definition) is 2. The molecule has 0 heterocycles. The molecule has 0 bridgehead atoms. The summed E-state index contributed by atoms with van der Waals surface area (Å²) in [4.78, 5) is 20.3. The van der Waals surface area contributed by atoms with Crippen molar-refractivity contribution in [3.63, 3.8) is 0 Å². The van der Waals surface area contributed by atoms with Gasteiger partial charge in [-0.3, -0.25) is 0 Å². The zero-order valence-electron chi connectivity index (χ0n) is 27.3. The maximum absolute atomic E-state index is 10.1. The van der Waals surface area contributed by atoms with Crippen molar-refractivity contribution in [2.45, 2.75) is 119 Å². The summed E-state index contributed by atoms with van der Waals surface area (Å²) >= 11 is 0. The van der Waals surface area contributed by atoms with Crippen LogP contribution in [0.3, 0.4) is 0 Å². The summed E-state index contributed by atoms with van der Waals surface area (Å²) in [5.74, 6) is 0.494. The lowest BCUT2D eigenvalue weighted by Crippen LogP contribution is -2.22. The highest BCUT2D eigenvalue weighted by atomic mass is 31.2. The Morgan fingerprint density at radius 3 is 1.20 bits per heavy atom. The van der Waals surface area contributed by atoms with Crippen LogP contribution >= 0.6 is 8.60 Å². The van der Waals surface area contributed by atoms with E-state index in [0.717, 1.165) is 16.7 Å². The zero-order chi connectivity index (χ0) is 30.6. The minimum atomic E-state index is -2.61. The Hall–Kier alpha value is -2.19. The third-order valence-electron chi connectivity index (χ3n) is 7.52. The second-order valence-corrected chi connectivity index (χ2v) is 16.2. The van der Waals surface area contributed by atoms with Gasteiger partial charge in [-0.05, 0) is 80.5 Å². The van der Waals surface area contributed by atoms with Gasteiger partial charge in [0.25, 0.3) is 0 Å². The predicted octanol–water partition coefficient (Wildman–Crippen LogP) is 10.4. The molecule has 0 radical (unpaired) electrons. The lowest BCUT2D eigenvalue weighted by molar-refractivity contribution is 0.375. The summed E-state index contributed by atoms with van der Waals surface area (Å²) in [6, 6.07) is 15.3. The first-order chi connectivity index (χ1) is 18.0. The minimum absolute atomic E-state index is 0.122. The summed E-state index contributed by atoms with van der Waals surface area (Å²) in [5.41, 5.74) is 11.2. The Bertz CT molecular complexity index is 1320. The molecule has 218 valence electrons. The van der Waals surface area contributed by atoms with E-state index in [1.807, 2.05) is 12.1 Å². The van der Waals surface area contributed by atoms with Gasteiger partial charge in [-0.25, -0.2) is 0 Å². The molecule has 4 heteroatoms. The van der Waals surface area contributed by atoms with Gasteiger partial charge in [-0.2, -0.15) is 0 Å². The Morgan fingerprint density at radius 1 is 0.525 bits per heavy atom. The summed E-state index contributed by atoms with van der Waals surface area (Å²) in [7, 11) is -2.61. The number of benzene rings is 3. The molecular formula is C36H51O3P. The van der Waals surface area contributed by atoms with Crippen molar-refractivity contribution in [2.24, 2.45) is 0 Å². The van der Waals surface area contributed by atoms with Crippen LogP contribution in [-0.2, 0) is 21.7 Å². The van der Waals surface area contributed by atoms with E-state index in [0.29, 0.717) is 5.75 Å². The topological polar surface area (TPSA) is 49.7 Å². The summed E-state index contributed by atoms with van der Waals surface area (Å²) in [6.45, 7) is 31.4. The molecular weight excluding hydrogens is 511 g/mol. The first-order valence-corrected chi connectivity index (χ1v) is 15.5. The number of aryl methyl sites for hydroxylation is 2. The lowest BCUT2D eigenvalue weighted by atomic mass is 9.69. The van der Waals surface area contributed by atoms with Crippen LogP contribution in [-0.4, -0.2) is 9.79 Å². The molecule has 0 aliphatic rings. The van der Waals surface area contributed by atoms with Crippen LogP contribution in [0.15, 0.2) is 42.5 Å². The number of hydrogen-bond acceptors (Lipinski definition) is 3. The molecule has 3 rings (SSSR count). The van der Waals surface area contributed by atoms with E-state index in [1.54, 1.807) is 0 Å². The molecule has 0 unspecified atom stereocenters. The first-order valence-electron chi connectivity index (χ1n) is 14.3. The summed E-state index contributed by atoms with van der Waals surface area (Å²) < 4.78 is 5.88. The third kappa shape index (κ3) is 6.81. The largest absolute Gasteiger partial charge is 0.426 e. The minimum Gasteiger partial charge on any atom is -0.426 e. The predicted molar refractivity (Wildman–Crippen MR) is 174 cm³/mol. The van der Waals surface area contributed by atoms with E-state index in [9.17, 15) is 9.79 Å². The van der Waals surface area contributed by atoms with Gasteiger partial charge in [0.15, 0.2) is 0 Å². The van der Waals surface area contributed by atoms with E-state index in [2.05, 4.69) is 127 Å². The SMILES string of the molecule is Cc1cc(C(C)(C)C)c(-c2cccc(OP(O)O)c2-c2c(C(C)(C)C)cc(C)cc2C(C)(C)C)c(C(C)(C)C)c1. The fourth-order valence-corrected chi connectivity index (χ4v) is 5.99. The average Bonchev–Trinajstić information content (AvgIpc) is 2.75. The third-order valence-corrected chi connectivity index (χ3v) is 7.88. The molecule has 3 nitrogen and oxygen atoms in total. The molecule has 3 aromatic carbocycles. The van der Waals surface area contributed by atoms with Crippen molar-refractivity contribution in [3.05, 3.63) is 75.8 Å². The van der Waals surface area contributed by atoms with Gasteiger partial charge in [0.1, 0.15) is 5.75 Å². The van der Waals surface area contributed by atoms with Crippen LogP contribution in [0.5, 0.6) is 5.75 Å². The normalized spacial score (nSPS) is 13.2. The quantitative estimate of drug-likeness (QED) is 0.311. The Labute approximate surface area is 245 Å². The van der Waals surface area contributed by atoms with Gasteiger partial charge in [0, 0.05) is 5.56 Å². The van der Waals surface area contributed by atoms with E-state index in [4.69, 9.17) is 4.52 Å². The van der Waals surface area contributed by atoms with Gasteiger partial charge in [0.05, 0.1) is 0 Å². The van der Waals surface area contributed by atoms with Gasteiger partial charge in [0.2, 0.25) is 0 Å². The molecule has 0 aliphatic carbocycles. The number of rotatable bonds is 4. The fraction of sp³-hybridized carbons (Fsp3) is 0.500. The molecule has 0 aromatic heterocycles. The molecule has 0 aliphatic heterocycles. The van der Waals surface area contributed by atoms with E-state index in [-0.39, 0.29) is 21.7 Å². The standard InChI is InChI=1S/C36H51O3P/c1-22-18-25(33(3,4)5)30(26(19-22)34(6,7)8)24-16-15-17-29(39-40(37)38)31(24)32-27(35(9,10)11)20-23(2)21-28(32)36(12,13)14/h15-21,37-38H,1-14H3. The van der Waals surface area contributed by atoms with Crippen LogP contribution in [0, 0.1) is 13.8 Å². The van der Waals surface area contributed by atoms with Crippen molar-refractivity contribution >= 4 is 8.60 Å². The highest BCUT2D eigenvalue weighted by molar-refractivity contribution is 7.39. The molecule has 0 spiro atoms. The van der Waals surface area contributed by atoms with Crippen LogP contribution in [0.25, 0.3) is 22.3 Å². The van der Waals surface area contributed by atoms with E-state index < -0.39 is 8.60 Å².